The van der Waals surface area contributed by atoms with Crippen molar-refractivity contribution in [1.82, 2.24) is 0 Å². The van der Waals surface area contributed by atoms with Crippen molar-refractivity contribution in [2.75, 3.05) is 7.11 Å². The van der Waals surface area contributed by atoms with Crippen LogP contribution in [0.1, 0.15) is 104 Å². The predicted octanol–water partition coefficient (Wildman–Crippen LogP) is 5.96. The van der Waals surface area contributed by atoms with E-state index in [1.807, 2.05) is 7.11 Å². The molecule has 174 valence electrons. The molecule has 0 saturated heterocycles. The first-order chi connectivity index (χ1) is 14.3. The molecule has 4 saturated carbocycles. The number of hydrogen-bond donors (Lipinski definition) is 2. The van der Waals surface area contributed by atoms with E-state index in [4.69, 9.17) is 4.74 Å². The Kier molecular flexibility index (Phi) is 6.93. The first kappa shape index (κ1) is 23.1. The summed E-state index contributed by atoms with van der Waals surface area (Å²) >= 11 is 0. The highest BCUT2D eigenvalue weighted by Crippen LogP contribution is 2.68. The topological polar surface area (TPSA) is 49.7 Å². The summed E-state index contributed by atoms with van der Waals surface area (Å²) in [7, 11) is 1.89. The van der Waals surface area contributed by atoms with Crippen molar-refractivity contribution in [3.8, 4) is 0 Å². The number of aliphatic hydroxyl groups excluding tert-OH is 2. The lowest BCUT2D eigenvalue weighted by Crippen LogP contribution is -2.58. The molecule has 0 aliphatic heterocycles. The number of unbranched alkanes of at least 4 members (excludes halogenated alkanes) is 3. The molecule has 0 aromatic rings. The first-order valence-corrected chi connectivity index (χ1v) is 13.2. The highest BCUT2D eigenvalue weighted by atomic mass is 16.5. The van der Waals surface area contributed by atoms with Gasteiger partial charge >= 0.3 is 0 Å². The lowest BCUT2D eigenvalue weighted by Gasteiger charge is -2.62. The Bertz CT molecular complexity index is 578. The van der Waals surface area contributed by atoms with Gasteiger partial charge in [-0.2, -0.15) is 0 Å². The third-order valence-electron chi connectivity index (χ3n) is 10.8. The minimum absolute atomic E-state index is 0.108. The molecule has 0 heterocycles. The quantitative estimate of drug-likeness (QED) is 0.499. The second-order valence-electron chi connectivity index (χ2n) is 12.1. The lowest BCUT2D eigenvalue weighted by atomic mass is 9.44. The molecule has 3 nitrogen and oxygen atoms in total. The van der Waals surface area contributed by atoms with Gasteiger partial charge in [-0.05, 0) is 98.2 Å². The molecule has 0 spiro atoms. The number of ether oxygens (including phenoxy) is 1. The zero-order valence-corrected chi connectivity index (χ0v) is 20.1. The van der Waals surface area contributed by atoms with Gasteiger partial charge in [-0.25, -0.2) is 0 Å². The predicted molar refractivity (Wildman–Crippen MR) is 122 cm³/mol. The standard InChI is InChI=1S/C27H48O3/c1-5-6-7-8-9-24(29)22-11-10-20-19-17-25(30-4)23-16-18(28)12-14-27(23,3)21(19)13-15-26(20,22)2/h18-25,28-29H,5-17H2,1-4H3/t18?,19?,20?,21-,22?,23?,24?,25-,26?,27?/m0/s1. The van der Waals surface area contributed by atoms with E-state index in [-0.39, 0.29) is 12.2 Å². The molecule has 30 heavy (non-hydrogen) atoms. The molecule has 0 amide bonds. The molecule has 0 radical (unpaired) electrons. The monoisotopic (exact) mass is 420 g/mol. The van der Waals surface area contributed by atoms with Gasteiger partial charge in [0.2, 0.25) is 0 Å². The van der Waals surface area contributed by atoms with Crippen LogP contribution < -0.4 is 0 Å². The van der Waals surface area contributed by atoms with E-state index in [0.717, 1.165) is 43.4 Å². The van der Waals surface area contributed by atoms with Crippen LogP contribution in [0, 0.1) is 40.4 Å². The Morgan fingerprint density at radius 1 is 0.900 bits per heavy atom. The van der Waals surface area contributed by atoms with Crippen molar-refractivity contribution in [3.63, 3.8) is 0 Å². The molecule has 2 N–H and O–H groups in total. The van der Waals surface area contributed by atoms with E-state index in [0.29, 0.717) is 28.8 Å². The van der Waals surface area contributed by atoms with Gasteiger partial charge in [0.05, 0.1) is 18.3 Å². The van der Waals surface area contributed by atoms with Crippen LogP contribution in [0.25, 0.3) is 0 Å². The number of fused-ring (bicyclic) bond motifs is 5. The van der Waals surface area contributed by atoms with Crippen molar-refractivity contribution >= 4 is 0 Å². The van der Waals surface area contributed by atoms with Crippen LogP contribution in [-0.4, -0.2) is 35.6 Å². The summed E-state index contributed by atoms with van der Waals surface area (Å²) < 4.78 is 6.09. The van der Waals surface area contributed by atoms with Crippen LogP contribution in [0.4, 0.5) is 0 Å². The summed E-state index contributed by atoms with van der Waals surface area (Å²) in [6, 6.07) is 0. The number of hydrogen-bond acceptors (Lipinski definition) is 3. The van der Waals surface area contributed by atoms with Crippen molar-refractivity contribution in [1.29, 1.82) is 0 Å². The smallest absolute Gasteiger partial charge is 0.0608 e. The van der Waals surface area contributed by atoms with Crippen LogP contribution in [0.2, 0.25) is 0 Å². The third-order valence-corrected chi connectivity index (χ3v) is 10.8. The summed E-state index contributed by atoms with van der Waals surface area (Å²) in [5.41, 5.74) is 0.627. The Balaban J connectivity index is 1.50. The van der Waals surface area contributed by atoms with E-state index < -0.39 is 0 Å². The average molecular weight is 421 g/mol. The largest absolute Gasteiger partial charge is 0.393 e. The molecular weight excluding hydrogens is 372 g/mol. The normalized spacial score (nSPS) is 49.2. The van der Waals surface area contributed by atoms with E-state index >= 15 is 0 Å². The summed E-state index contributed by atoms with van der Waals surface area (Å²) in [4.78, 5) is 0. The highest BCUT2D eigenvalue weighted by Gasteiger charge is 2.62. The first-order valence-electron chi connectivity index (χ1n) is 13.2. The SMILES string of the molecule is CCCCCCC(O)C1CCC2C3C[C@H](OC)C4CC(O)CCC4(C)[C@H]3CCC12C. The van der Waals surface area contributed by atoms with E-state index in [1.54, 1.807) is 0 Å². The van der Waals surface area contributed by atoms with Gasteiger partial charge in [0, 0.05) is 7.11 Å². The molecule has 0 aromatic carbocycles. The van der Waals surface area contributed by atoms with Gasteiger partial charge in [-0.1, -0.05) is 46.5 Å². The van der Waals surface area contributed by atoms with Gasteiger partial charge in [-0.15, -0.1) is 0 Å². The molecule has 0 bridgehead atoms. The maximum absolute atomic E-state index is 11.2. The summed E-state index contributed by atoms with van der Waals surface area (Å²) in [6.07, 6.45) is 15.4. The van der Waals surface area contributed by atoms with Crippen molar-refractivity contribution in [3.05, 3.63) is 0 Å². The van der Waals surface area contributed by atoms with Crippen LogP contribution in [0.15, 0.2) is 0 Å². The minimum Gasteiger partial charge on any atom is -0.393 e. The highest BCUT2D eigenvalue weighted by molar-refractivity contribution is 5.11. The molecule has 4 fully saturated rings. The van der Waals surface area contributed by atoms with Gasteiger partial charge in [0.25, 0.3) is 0 Å². The summed E-state index contributed by atoms with van der Waals surface area (Å²) in [5, 5.41) is 21.5. The zero-order chi connectivity index (χ0) is 21.5. The number of rotatable bonds is 7. The van der Waals surface area contributed by atoms with E-state index in [1.165, 1.54) is 57.8 Å². The van der Waals surface area contributed by atoms with Crippen LogP contribution in [-0.2, 0) is 4.74 Å². The maximum atomic E-state index is 11.2. The fraction of sp³-hybridized carbons (Fsp3) is 1.00. The maximum Gasteiger partial charge on any atom is 0.0608 e. The lowest BCUT2D eigenvalue weighted by molar-refractivity contribution is -0.181. The summed E-state index contributed by atoms with van der Waals surface area (Å²) in [5.74, 6) is 3.26. The van der Waals surface area contributed by atoms with Crippen LogP contribution >= 0.6 is 0 Å². The number of aliphatic hydroxyl groups is 2. The second-order valence-corrected chi connectivity index (χ2v) is 12.1. The summed E-state index contributed by atoms with van der Waals surface area (Å²) in [6.45, 7) is 7.32. The van der Waals surface area contributed by atoms with Gasteiger partial charge < -0.3 is 14.9 Å². The van der Waals surface area contributed by atoms with Crippen molar-refractivity contribution in [2.24, 2.45) is 40.4 Å². The molecule has 4 aliphatic carbocycles. The zero-order valence-electron chi connectivity index (χ0n) is 20.1. The van der Waals surface area contributed by atoms with Crippen molar-refractivity contribution < 1.29 is 14.9 Å². The van der Waals surface area contributed by atoms with E-state index in [9.17, 15) is 10.2 Å². The minimum atomic E-state index is -0.134. The molecule has 3 heteroatoms. The van der Waals surface area contributed by atoms with E-state index in [2.05, 4.69) is 20.8 Å². The Labute approximate surface area is 185 Å². The average Bonchev–Trinajstić information content (AvgIpc) is 3.08. The fourth-order valence-corrected chi connectivity index (χ4v) is 9.16. The second kappa shape index (κ2) is 9.02. The Hall–Kier alpha value is -0.120. The number of methoxy groups -OCH3 is 1. The van der Waals surface area contributed by atoms with Crippen LogP contribution in [0.5, 0.6) is 0 Å². The third kappa shape index (κ3) is 3.79. The van der Waals surface area contributed by atoms with Crippen molar-refractivity contribution in [2.45, 2.75) is 123 Å². The van der Waals surface area contributed by atoms with Gasteiger partial charge in [-0.3, -0.25) is 0 Å². The Morgan fingerprint density at radius 2 is 1.63 bits per heavy atom. The molecule has 0 aromatic heterocycles. The van der Waals surface area contributed by atoms with Gasteiger partial charge in [0.15, 0.2) is 0 Å². The van der Waals surface area contributed by atoms with Gasteiger partial charge in [0.1, 0.15) is 0 Å². The van der Waals surface area contributed by atoms with Crippen LogP contribution in [0.3, 0.4) is 0 Å². The molecule has 4 aliphatic rings. The molecule has 8 unspecified atom stereocenters. The molecular formula is C27H48O3. The fourth-order valence-electron chi connectivity index (χ4n) is 9.16. The Morgan fingerprint density at radius 3 is 2.37 bits per heavy atom. The molecule has 4 rings (SSSR count). The molecule has 10 atom stereocenters.